The first-order chi connectivity index (χ1) is 11.4. The monoisotopic (exact) mass is 347 g/mol. The zero-order valence-corrected chi connectivity index (χ0v) is 14.9. The van der Waals surface area contributed by atoms with Gasteiger partial charge < -0.3 is 10.1 Å². The third-order valence-corrected chi connectivity index (χ3v) is 4.68. The van der Waals surface area contributed by atoms with Crippen molar-refractivity contribution in [3.05, 3.63) is 35.4 Å². The number of hydrogen-bond donors (Lipinski definition) is 1. The maximum Gasteiger partial charge on any atom is 0.328 e. The van der Waals surface area contributed by atoms with Gasteiger partial charge in [-0.1, -0.05) is 6.07 Å². The van der Waals surface area contributed by atoms with Crippen LogP contribution in [0.1, 0.15) is 31.4 Å². The summed E-state index contributed by atoms with van der Waals surface area (Å²) in [4.78, 5) is 35.4. The molecule has 1 aromatic rings. The number of ether oxygens (including phenoxy) is 1. The fraction of sp³-hybridized carbons (Fsp3) is 0.389. The normalized spacial score (nSPS) is 17.5. The first-order valence-corrected chi connectivity index (χ1v) is 8.74. The summed E-state index contributed by atoms with van der Waals surface area (Å²) in [6.45, 7) is 5.78. The van der Waals surface area contributed by atoms with E-state index in [0.717, 1.165) is 21.6 Å². The lowest BCUT2D eigenvalue weighted by atomic mass is 10.0. The lowest BCUT2D eigenvalue weighted by Crippen LogP contribution is -2.38. The van der Waals surface area contributed by atoms with Gasteiger partial charge in [0.1, 0.15) is 6.04 Å². The average Bonchev–Trinajstić information content (AvgIpc) is 2.89. The summed E-state index contributed by atoms with van der Waals surface area (Å²) in [7, 11) is 0. The van der Waals surface area contributed by atoms with Crippen LogP contribution in [-0.4, -0.2) is 36.1 Å². The van der Waals surface area contributed by atoms with Crippen molar-refractivity contribution in [1.82, 2.24) is 5.32 Å². The van der Waals surface area contributed by atoms with Gasteiger partial charge in [-0.05, 0) is 55.7 Å². The van der Waals surface area contributed by atoms with Crippen LogP contribution in [0.4, 0.5) is 0 Å². The highest BCUT2D eigenvalue weighted by atomic mass is 32.2. The molecule has 1 atom stereocenters. The smallest absolute Gasteiger partial charge is 0.328 e. The molecule has 1 aliphatic heterocycles. The molecule has 1 aliphatic rings. The molecule has 0 aliphatic carbocycles. The first kappa shape index (κ1) is 18.3. The molecule has 1 saturated heterocycles. The van der Waals surface area contributed by atoms with Gasteiger partial charge in [0.05, 0.1) is 12.4 Å². The van der Waals surface area contributed by atoms with Crippen LogP contribution in [-0.2, 0) is 19.1 Å². The number of thioether (sulfide) groups is 1. The molecule has 1 unspecified atom stereocenters. The molecule has 1 N–H and O–H groups in total. The lowest BCUT2D eigenvalue weighted by Gasteiger charge is -2.10. The largest absolute Gasteiger partial charge is 0.464 e. The standard InChI is InChI=1S/C18H21NO4S/c1-11(8-13(3)20)15-5-4-14(9-12(15)2)24-10-17(21)19-16-6-7-23-18(16)22/h4-5,8-9,16H,6-7,10H2,1-3H3,(H,19,21). The Morgan fingerprint density at radius 2 is 2.12 bits per heavy atom. The zero-order chi connectivity index (χ0) is 17.7. The molecule has 24 heavy (non-hydrogen) atoms. The maximum atomic E-state index is 11.9. The second-order valence-electron chi connectivity index (χ2n) is 5.78. The van der Waals surface area contributed by atoms with Crippen LogP contribution < -0.4 is 5.32 Å². The molecule has 0 bridgehead atoms. The quantitative estimate of drug-likeness (QED) is 0.486. The van der Waals surface area contributed by atoms with E-state index in [1.54, 1.807) is 6.08 Å². The van der Waals surface area contributed by atoms with Gasteiger partial charge in [0, 0.05) is 11.3 Å². The fourth-order valence-electron chi connectivity index (χ4n) is 2.56. The Balaban J connectivity index is 1.93. The number of amides is 1. The summed E-state index contributed by atoms with van der Waals surface area (Å²) in [5, 5.41) is 2.68. The molecule has 0 radical (unpaired) electrons. The first-order valence-electron chi connectivity index (χ1n) is 7.75. The molecule has 2 rings (SSSR count). The molecular weight excluding hydrogens is 326 g/mol. The molecular formula is C18H21NO4S. The minimum Gasteiger partial charge on any atom is -0.464 e. The van der Waals surface area contributed by atoms with Gasteiger partial charge in [-0.15, -0.1) is 11.8 Å². The van der Waals surface area contributed by atoms with E-state index in [1.807, 2.05) is 32.0 Å². The van der Waals surface area contributed by atoms with Crippen LogP contribution in [0.3, 0.4) is 0 Å². The van der Waals surface area contributed by atoms with Crippen LogP contribution in [0.2, 0.25) is 0 Å². The molecule has 6 heteroatoms. The second-order valence-corrected chi connectivity index (χ2v) is 6.83. The number of allylic oxidation sites excluding steroid dienone is 2. The topological polar surface area (TPSA) is 72.5 Å². The molecule has 0 spiro atoms. The highest BCUT2D eigenvalue weighted by Crippen LogP contribution is 2.25. The molecule has 1 fully saturated rings. The maximum absolute atomic E-state index is 11.9. The number of ketones is 1. The predicted molar refractivity (Wildman–Crippen MR) is 93.7 cm³/mol. The Bertz CT molecular complexity index is 696. The van der Waals surface area contributed by atoms with Crippen molar-refractivity contribution in [1.29, 1.82) is 0 Å². The van der Waals surface area contributed by atoms with E-state index < -0.39 is 6.04 Å². The van der Waals surface area contributed by atoms with Gasteiger partial charge in [-0.3, -0.25) is 9.59 Å². The third-order valence-electron chi connectivity index (χ3n) is 3.68. The second kappa shape index (κ2) is 8.15. The minimum absolute atomic E-state index is 0.0208. The SMILES string of the molecule is CC(=O)C=C(C)c1ccc(SCC(=O)NC2CCOC2=O)cc1C. The zero-order valence-electron chi connectivity index (χ0n) is 14.0. The number of benzene rings is 1. The van der Waals surface area contributed by atoms with Crippen molar-refractivity contribution in [3.63, 3.8) is 0 Å². The molecule has 1 heterocycles. The molecule has 128 valence electrons. The van der Waals surface area contributed by atoms with Crippen LogP contribution in [0, 0.1) is 6.92 Å². The number of carbonyl (C=O) groups is 3. The van der Waals surface area contributed by atoms with Gasteiger partial charge >= 0.3 is 5.97 Å². The van der Waals surface area contributed by atoms with E-state index in [1.165, 1.54) is 18.7 Å². The van der Waals surface area contributed by atoms with Crippen LogP contribution in [0.25, 0.3) is 5.57 Å². The summed E-state index contributed by atoms with van der Waals surface area (Å²) < 4.78 is 4.82. The number of aryl methyl sites for hydroxylation is 1. The number of esters is 1. The summed E-state index contributed by atoms with van der Waals surface area (Å²) in [5.41, 5.74) is 3.00. The van der Waals surface area contributed by atoms with Gasteiger partial charge in [0.25, 0.3) is 0 Å². The Hall–Kier alpha value is -2.08. The highest BCUT2D eigenvalue weighted by Gasteiger charge is 2.27. The van der Waals surface area contributed by atoms with E-state index in [0.29, 0.717) is 13.0 Å². The van der Waals surface area contributed by atoms with Crippen molar-refractivity contribution in [2.24, 2.45) is 0 Å². The van der Waals surface area contributed by atoms with Crippen LogP contribution in [0.15, 0.2) is 29.2 Å². The fourth-order valence-corrected chi connectivity index (χ4v) is 3.37. The minimum atomic E-state index is -0.512. The molecule has 0 aromatic heterocycles. The van der Waals surface area contributed by atoms with E-state index >= 15 is 0 Å². The number of nitrogens with one attached hydrogen (secondary N) is 1. The van der Waals surface area contributed by atoms with Gasteiger partial charge in [0.2, 0.25) is 5.91 Å². The number of carbonyl (C=O) groups excluding carboxylic acids is 3. The molecule has 0 saturated carbocycles. The van der Waals surface area contributed by atoms with E-state index in [9.17, 15) is 14.4 Å². The summed E-state index contributed by atoms with van der Waals surface area (Å²) >= 11 is 1.41. The third kappa shape index (κ3) is 4.96. The predicted octanol–water partition coefficient (Wildman–Crippen LogP) is 2.51. The Morgan fingerprint density at radius 3 is 2.71 bits per heavy atom. The van der Waals surface area contributed by atoms with Crippen molar-refractivity contribution >= 4 is 35.0 Å². The van der Waals surface area contributed by atoms with Crippen molar-refractivity contribution < 1.29 is 19.1 Å². The summed E-state index contributed by atoms with van der Waals surface area (Å²) in [6.07, 6.45) is 2.15. The van der Waals surface area contributed by atoms with Crippen molar-refractivity contribution in [2.75, 3.05) is 12.4 Å². The summed E-state index contributed by atoms with van der Waals surface area (Å²) in [6, 6.07) is 5.37. The Labute approximate surface area is 145 Å². The van der Waals surface area contributed by atoms with Crippen molar-refractivity contribution in [3.8, 4) is 0 Å². The van der Waals surface area contributed by atoms with E-state index in [2.05, 4.69) is 5.32 Å². The van der Waals surface area contributed by atoms with Gasteiger partial charge in [-0.2, -0.15) is 0 Å². The Kier molecular flexibility index (Phi) is 6.20. The lowest BCUT2D eigenvalue weighted by molar-refractivity contribution is -0.141. The van der Waals surface area contributed by atoms with E-state index in [4.69, 9.17) is 4.74 Å². The van der Waals surface area contributed by atoms with Gasteiger partial charge in [0.15, 0.2) is 5.78 Å². The average molecular weight is 347 g/mol. The number of hydrogen-bond acceptors (Lipinski definition) is 5. The number of rotatable bonds is 6. The van der Waals surface area contributed by atoms with Gasteiger partial charge in [-0.25, -0.2) is 4.79 Å². The summed E-state index contributed by atoms with van der Waals surface area (Å²) in [5.74, 6) is -0.280. The van der Waals surface area contributed by atoms with Crippen LogP contribution >= 0.6 is 11.8 Å². The number of cyclic esters (lactones) is 1. The molecule has 1 aromatic carbocycles. The van der Waals surface area contributed by atoms with E-state index in [-0.39, 0.29) is 23.4 Å². The molecule has 1 amide bonds. The highest BCUT2D eigenvalue weighted by molar-refractivity contribution is 8.00. The Morgan fingerprint density at radius 1 is 1.38 bits per heavy atom. The molecule has 5 nitrogen and oxygen atoms in total. The van der Waals surface area contributed by atoms with Crippen molar-refractivity contribution in [2.45, 2.75) is 38.1 Å². The van der Waals surface area contributed by atoms with Crippen LogP contribution in [0.5, 0.6) is 0 Å².